The van der Waals surface area contributed by atoms with Crippen LogP contribution in [0.15, 0.2) is 24.3 Å². The van der Waals surface area contributed by atoms with Gasteiger partial charge in [0.1, 0.15) is 5.75 Å². The number of nitriles is 1. The molecule has 2 rings (SSSR count). The molecule has 0 amide bonds. The van der Waals surface area contributed by atoms with Crippen LogP contribution in [0.5, 0.6) is 5.75 Å². The van der Waals surface area contributed by atoms with Crippen molar-refractivity contribution in [3.8, 4) is 11.8 Å². The van der Waals surface area contributed by atoms with Crippen LogP contribution in [0.1, 0.15) is 38.2 Å². The molecule has 3 heteroatoms. The van der Waals surface area contributed by atoms with Crippen LogP contribution in [0, 0.1) is 11.3 Å². The van der Waals surface area contributed by atoms with Gasteiger partial charge in [-0.05, 0) is 50.4 Å². The van der Waals surface area contributed by atoms with Gasteiger partial charge in [0.05, 0.1) is 18.2 Å². The highest BCUT2D eigenvalue weighted by Crippen LogP contribution is 2.20. The fourth-order valence-electron chi connectivity index (χ4n) is 2.76. The molecule has 1 aromatic rings. The minimum atomic E-state index is 0.656. The third kappa shape index (κ3) is 3.97. The largest absolute Gasteiger partial charge is 0.494 e. The number of benzene rings is 1. The lowest BCUT2D eigenvalue weighted by atomic mass is 10.2. The number of nitrogens with zero attached hydrogens (tertiary/aromatic N) is 2. The van der Waals surface area contributed by atoms with Crippen molar-refractivity contribution in [1.29, 1.82) is 5.26 Å². The number of ether oxygens (including phenoxy) is 1. The highest BCUT2D eigenvalue weighted by atomic mass is 16.5. The fourth-order valence-corrected chi connectivity index (χ4v) is 2.76. The topological polar surface area (TPSA) is 36.3 Å². The molecule has 1 atom stereocenters. The van der Waals surface area contributed by atoms with E-state index < -0.39 is 0 Å². The lowest BCUT2D eigenvalue weighted by Gasteiger charge is -2.23. The lowest BCUT2D eigenvalue weighted by Crippen LogP contribution is -2.30. The van der Waals surface area contributed by atoms with E-state index in [9.17, 15) is 0 Å². The molecule has 0 saturated carbocycles. The quantitative estimate of drug-likeness (QED) is 0.735. The Morgan fingerprint density at radius 2 is 2.37 bits per heavy atom. The minimum Gasteiger partial charge on any atom is -0.494 e. The molecule has 1 unspecified atom stereocenters. The Kier molecular flexibility index (Phi) is 5.23. The zero-order chi connectivity index (χ0) is 13.5. The number of hydrogen-bond donors (Lipinski definition) is 0. The summed E-state index contributed by atoms with van der Waals surface area (Å²) < 4.78 is 5.70. The van der Waals surface area contributed by atoms with Crippen LogP contribution < -0.4 is 4.74 Å². The first kappa shape index (κ1) is 13.9. The van der Waals surface area contributed by atoms with Crippen molar-refractivity contribution in [3.63, 3.8) is 0 Å². The Labute approximate surface area is 115 Å². The van der Waals surface area contributed by atoms with Crippen LogP contribution in [0.4, 0.5) is 0 Å². The van der Waals surface area contributed by atoms with Crippen LogP contribution in [-0.2, 0) is 0 Å². The first-order valence-electron chi connectivity index (χ1n) is 7.20. The van der Waals surface area contributed by atoms with Crippen LogP contribution in [-0.4, -0.2) is 30.6 Å². The minimum absolute atomic E-state index is 0.656. The second-order valence-electron chi connectivity index (χ2n) is 5.08. The molecular formula is C16H22N2O. The number of likely N-dealkylation sites (tertiary alicyclic amines) is 1. The molecule has 0 bridgehead atoms. The van der Waals surface area contributed by atoms with Gasteiger partial charge in [-0.15, -0.1) is 0 Å². The molecule has 0 aromatic heterocycles. The first-order chi connectivity index (χ1) is 9.33. The molecule has 1 aliphatic heterocycles. The van der Waals surface area contributed by atoms with Gasteiger partial charge in [-0.2, -0.15) is 5.26 Å². The summed E-state index contributed by atoms with van der Waals surface area (Å²) in [6.07, 6.45) is 4.99. The van der Waals surface area contributed by atoms with E-state index in [1.54, 1.807) is 12.1 Å². The molecule has 1 aliphatic rings. The van der Waals surface area contributed by atoms with Crippen molar-refractivity contribution in [3.05, 3.63) is 29.8 Å². The van der Waals surface area contributed by atoms with E-state index in [4.69, 9.17) is 10.00 Å². The maximum atomic E-state index is 8.82. The van der Waals surface area contributed by atoms with Gasteiger partial charge in [0, 0.05) is 12.6 Å². The van der Waals surface area contributed by atoms with Gasteiger partial charge in [-0.3, -0.25) is 0 Å². The number of rotatable bonds is 6. The third-order valence-corrected chi connectivity index (χ3v) is 3.79. The molecule has 0 N–H and O–H groups in total. The van der Waals surface area contributed by atoms with Crippen molar-refractivity contribution in [1.82, 2.24) is 4.90 Å². The first-order valence-corrected chi connectivity index (χ1v) is 7.20. The SMILES string of the molecule is CCC1CCCN1CCCOc1cccc(C#N)c1. The maximum absolute atomic E-state index is 8.82. The van der Waals surface area contributed by atoms with Gasteiger partial charge in [0.25, 0.3) is 0 Å². The predicted molar refractivity (Wildman–Crippen MR) is 76.2 cm³/mol. The standard InChI is InChI=1S/C16H22N2O/c1-2-15-7-4-9-18(15)10-5-11-19-16-8-3-6-14(12-16)13-17/h3,6,8,12,15H,2,4-5,7,9-11H2,1H3. The molecule has 1 aromatic carbocycles. The monoisotopic (exact) mass is 258 g/mol. The molecule has 0 radical (unpaired) electrons. The van der Waals surface area contributed by atoms with Crippen LogP contribution in [0.2, 0.25) is 0 Å². The summed E-state index contributed by atoms with van der Waals surface area (Å²) in [5.74, 6) is 0.799. The molecule has 1 heterocycles. The maximum Gasteiger partial charge on any atom is 0.120 e. The summed E-state index contributed by atoms with van der Waals surface area (Å²) in [6.45, 7) is 5.35. The molecule has 1 saturated heterocycles. The van der Waals surface area contributed by atoms with E-state index >= 15 is 0 Å². The molecular weight excluding hydrogens is 236 g/mol. The van der Waals surface area contributed by atoms with Crippen LogP contribution in [0.3, 0.4) is 0 Å². The molecule has 102 valence electrons. The van der Waals surface area contributed by atoms with Gasteiger partial charge in [-0.25, -0.2) is 0 Å². The number of hydrogen-bond acceptors (Lipinski definition) is 3. The van der Waals surface area contributed by atoms with E-state index in [1.807, 2.05) is 12.1 Å². The second-order valence-corrected chi connectivity index (χ2v) is 5.08. The Morgan fingerprint density at radius 3 is 3.16 bits per heavy atom. The summed E-state index contributed by atoms with van der Waals surface area (Å²) in [6, 6.07) is 10.3. The van der Waals surface area contributed by atoms with Gasteiger partial charge < -0.3 is 9.64 Å². The Hall–Kier alpha value is -1.53. The zero-order valence-corrected chi connectivity index (χ0v) is 11.6. The Morgan fingerprint density at radius 1 is 1.47 bits per heavy atom. The molecule has 0 aliphatic carbocycles. The van der Waals surface area contributed by atoms with Gasteiger partial charge in [0.15, 0.2) is 0 Å². The Bertz CT molecular complexity index is 439. The average Bonchev–Trinajstić information content (AvgIpc) is 2.91. The molecule has 1 fully saturated rings. The van der Waals surface area contributed by atoms with Crippen molar-refractivity contribution in [2.45, 2.75) is 38.6 Å². The van der Waals surface area contributed by atoms with Crippen LogP contribution >= 0.6 is 0 Å². The smallest absolute Gasteiger partial charge is 0.120 e. The molecule has 3 nitrogen and oxygen atoms in total. The summed E-state index contributed by atoms with van der Waals surface area (Å²) >= 11 is 0. The van der Waals surface area contributed by atoms with E-state index in [2.05, 4.69) is 17.9 Å². The van der Waals surface area contributed by atoms with Gasteiger partial charge in [0.2, 0.25) is 0 Å². The van der Waals surface area contributed by atoms with E-state index in [-0.39, 0.29) is 0 Å². The van der Waals surface area contributed by atoms with Gasteiger partial charge >= 0.3 is 0 Å². The fraction of sp³-hybridized carbons (Fsp3) is 0.562. The highest BCUT2D eigenvalue weighted by Gasteiger charge is 2.21. The normalized spacial score (nSPS) is 19.3. The summed E-state index contributed by atoms with van der Waals surface area (Å²) in [4.78, 5) is 2.58. The van der Waals surface area contributed by atoms with Crippen molar-refractivity contribution < 1.29 is 4.74 Å². The third-order valence-electron chi connectivity index (χ3n) is 3.79. The second kappa shape index (κ2) is 7.16. The Balaban J connectivity index is 1.70. The van der Waals surface area contributed by atoms with E-state index in [1.165, 1.54) is 25.8 Å². The molecule has 0 spiro atoms. The van der Waals surface area contributed by atoms with Crippen molar-refractivity contribution in [2.75, 3.05) is 19.7 Å². The lowest BCUT2D eigenvalue weighted by molar-refractivity contribution is 0.217. The van der Waals surface area contributed by atoms with Crippen molar-refractivity contribution in [2.24, 2.45) is 0 Å². The van der Waals surface area contributed by atoms with Crippen LogP contribution in [0.25, 0.3) is 0 Å². The highest BCUT2D eigenvalue weighted by molar-refractivity contribution is 5.36. The van der Waals surface area contributed by atoms with Gasteiger partial charge in [-0.1, -0.05) is 13.0 Å². The summed E-state index contributed by atoms with van der Waals surface area (Å²) in [7, 11) is 0. The van der Waals surface area contributed by atoms with Crippen molar-refractivity contribution >= 4 is 0 Å². The molecule has 19 heavy (non-hydrogen) atoms. The summed E-state index contributed by atoms with van der Waals surface area (Å²) in [5.41, 5.74) is 0.656. The average molecular weight is 258 g/mol. The zero-order valence-electron chi connectivity index (χ0n) is 11.6. The summed E-state index contributed by atoms with van der Waals surface area (Å²) in [5, 5.41) is 8.82. The van der Waals surface area contributed by atoms with E-state index in [0.717, 1.165) is 31.4 Å². The predicted octanol–water partition coefficient (Wildman–Crippen LogP) is 3.20. The van der Waals surface area contributed by atoms with E-state index in [0.29, 0.717) is 5.56 Å².